The molecule has 2 heterocycles. The number of nitrogens with one attached hydrogen (secondary N) is 1. The van der Waals surface area contributed by atoms with Gasteiger partial charge >= 0.3 is 0 Å². The van der Waals surface area contributed by atoms with Crippen molar-refractivity contribution in [2.75, 3.05) is 13.7 Å². The molecule has 2 rings (SSSR count). The molecule has 0 bridgehead atoms. The van der Waals surface area contributed by atoms with E-state index < -0.39 is 0 Å². The second-order valence-corrected chi connectivity index (χ2v) is 3.77. The summed E-state index contributed by atoms with van der Waals surface area (Å²) in [6, 6.07) is 3.59. The summed E-state index contributed by atoms with van der Waals surface area (Å²) in [6.45, 7) is 2.84. The number of aromatic nitrogens is 5. The van der Waals surface area contributed by atoms with Crippen molar-refractivity contribution in [3.8, 4) is 5.88 Å². The summed E-state index contributed by atoms with van der Waals surface area (Å²) in [4.78, 5) is 0. The minimum Gasteiger partial charge on any atom is -0.480 e. The lowest BCUT2D eigenvalue weighted by Gasteiger charge is -2.16. The Labute approximate surface area is 105 Å². The summed E-state index contributed by atoms with van der Waals surface area (Å²) < 4.78 is 6.72. The number of hydrogen-bond acceptors (Lipinski definition) is 6. The highest BCUT2D eigenvalue weighted by atomic mass is 16.5. The number of ether oxygens (including phenoxy) is 1. The third kappa shape index (κ3) is 2.45. The smallest absolute Gasteiger partial charge is 0.233 e. The van der Waals surface area contributed by atoms with E-state index >= 15 is 0 Å². The van der Waals surface area contributed by atoms with Crippen LogP contribution in [0.2, 0.25) is 0 Å². The van der Waals surface area contributed by atoms with Gasteiger partial charge in [0.1, 0.15) is 0 Å². The molecule has 0 saturated heterocycles. The number of methoxy groups -OCH3 is 1. The fourth-order valence-electron chi connectivity index (χ4n) is 1.72. The fraction of sp³-hybridized carbons (Fsp3) is 0.455. The minimum absolute atomic E-state index is 0.0755. The molecule has 0 aliphatic carbocycles. The standard InChI is InChI=1S/C11H16N6O/c1-4-12-11(9-7-13-16-17(9)2)8-5-6-10(18-3)15-14-8/h5-7,11-12H,4H2,1-3H3. The molecule has 1 unspecified atom stereocenters. The van der Waals surface area contributed by atoms with E-state index in [2.05, 4.69) is 25.8 Å². The highest BCUT2D eigenvalue weighted by Crippen LogP contribution is 2.19. The summed E-state index contributed by atoms with van der Waals surface area (Å²) in [7, 11) is 3.42. The Morgan fingerprint density at radius 3 is 2.72 bits per heavy atom. The van der Waals surface area contributed by atoms with Crippen LogP contribution in [-0.4, -0.2) is 38.8 Å². The molecule has 0 spiro atoms. The van der Waals surface area contributed by atoms with Crippen molar-refractivity contribution < 1.29 is 4.74 Å². The number of hydrogen-bond donors (Lipinski definition) is 1. The molecule has 0 fully saturated rings. The molecule has 2 aromatic rings. The summed E-state index contributed by atoms with van der Waals surface area (Å²) in [5.41, 5.74) is 1.75. The van der Waals surface area contributed by atoms with E-state index in [4.69, 9.17) is 4.74 Å². The van der Waals surface area contributed by atoms with E-state index in [1.165, 1.54) is 0 Å². The van der Waals surface area contributed by atoms with Crippen molar-refractivity contribution in [1.29, 1.82) is 0 Å². The second kappa shape index (κ2) is 5.54. The van der Waals surface area contributed by atoms with Crippen LogP contribution in [0, 0.1) is 0 Å². The number of aryl methyl sites for hydroxylation is 1. The monoisotopic (exact) mass is 248 g/mol. The van der Waals surface area contributed by atoms with E-state index in [9.17, 15) is 0 Å². The predicted octanol–water partition coefficient (Wildman–Crippen LogP) is 0.313. The molecular weight excluding hydrogens is 232 g/mol. The Morgan fingerprint density at radius 2 is 2.22 bits per heavy atom. The first-order chi connectivity index (χ1) is 8.76. The van der Waals surface area contributed by atoms with Crippen LogP contribution in [0.25, 0.3) is 0 Å². The zero-order chi connectivity index (χ0) is 13.0. The Hall–Kier alpha value is -2.02. The zero-order valence-electron chi connectivity index (χ0n) is 10.7. The van der Waals surface area contributed by atoms with Crippen LogP contribution in [0.5, 0.6) is 5.88 Å². The second-order valence-electron chi connectivity index (χ2n) is 3.77. The van der Waals surface area contributed by atoms with Crippen LogP contribution in [0.3, 0.4) is 0 Å². The molecule has 7 heteroatoms. The van der Waals surface area contributed by atoms with Crippen molar-refractivity contribution >= 4 is 0 Å². The van der Waals surface area contributed by atoms with Crippen molar-refractivity contribution in [2.45, 2.75) is 13.0 Å². The lowest BCUT2D eigenvalue weighted by molar-refractivity contribution is 0.390. The Kier molecular flexibility index (Phi) is 3.83. The van der Waals surface area contributed by atoms with Gasteiger partial charge in [0.05, 0.1) is 30.7 Å². The van der Waals surface area contributed by atoms with Crippen LogP contribution in [0.4, 0.5) is 0 Å². The molecule has 0 aliphatic heterocycles. The molecule has 18 heavy (non-hydrogen) atoms. The van der Waals surface area contributed by atoms with E-state index in [1.807, 2.05) is 20.0 Å². The van der Waals surface area contributed by atoms with Crippen LogP contribution in [0.15, 0.2) is 18.3 Å². The molecule has 0 amide bonds. The fourth-order valence-corrected chi connectivity index (χ4v) is 1.72. The van der Waals surface area contributed by atoms with Gasteiger partial charge in [-0.05, 0) is 12.6 Å². The largest absolute Gasteiger partial charge is 0.480 e. The number of nitrogens with zero attached hydrogens (tertiary/aromatic N) is 5. The van der Waals surface area contributed by atoms with Gasteiger partial charge in [0.15, 0.2) is 0 Å². The first-order valence-electron chi connectivity index (χ1n) is 5.71. The van der Waals surface area contributed by atoms with Crippen LogP contribution in [0.1, 0.15) is 24.4 Å². The molecule has 0 saturated carbocycles. The van der Waals surface area contributed by atoms with Gasteiger partial charge in [-0.15, -0.1) is 15.3 Å². The molecule has 0 aliphatic rings. The maximum atomic E-state index is 5.00. The number of rotatable bonds is 5. The van der Waals surface area contributed by atoms with Crippen LogP contribution >= 0.6 is 0 Å². The minimum atomic E-state index is -0.0755. The van der Waals surface area contributed by atoms with Gasteiger partial charge in [-0.3, -0.25) is 4.68 Å². The van der Waals surface area contributed by atoms with E-state index in [-0.39, 0.29) is 6.04 Å². The summed E-state index contributed by atoms with van der Waals surface area (Å²) in [5, 5.41) is 19.3. The molecular formula is C11H16N6O. The van der Waals surface area contributed by atoms with E-state index in [0.29, 0.717) is 5.88 Å². The predicted molar refractivity (Wildman–Crippen MR) is 65.1 cm³/mol. The first kappa shape index (κ1) is 12.4. The molecule has 7 nitrogen and oxygen atoms in total. The van der Waals surface area contributed by atoms with Gasteiger partial charge in [-0.2, -0.15) is 0 Å². The summed E-state index contributed by atoms with van der Waals surface area (Å²) in [6.07, 6.45) is 1.72. The molecule has 0 aromatic carbocycles. The quantitative estimate of drug-likeness (QED) is 0.820. The average Bonchev–Trinajstić information content (AvgIpc) is 2.82. The summed E-state index contributed by atoms with van der Waals surface area (Å²) in [5.74, 6) is 0.497. The molecule has 96 valence electrons. The van der Waals surface area contributed by atoms with E-state index in [0.717, 1.165) is 17.9 Å². The van der Waals surface area contributed by atoms with E-state index in [1.54, 1.807) is 24.1 Å². The zero-order valence-corrected chi connectivity index (χ0v) is 10.7. The van der Waals surface area contributed by atoms with Crippen molar-refractivity contribution in [2.24, 2.45) is 7.05 Å². The highest BCUT2D eigenvalue weighted by molar-refractivity contribution is 5.21. The molecule has 2 aromatic heterocycles. The lowest BCUT2D eigenvalue weighted by atomic mass is 10.1. The van der Waals surface area contributed by atoms with Crippen LogP contribution in [-0.2, 0) is 7.05 Å². The SMILES string of the molecule is CCNC(c1ccc(OC)nn1)c1cnnn1C. The summed E-state index contributed by atoms with van der Waals surface area (Å²) >= 11 is 0. The lowest BCUT2D eigenvalue weighted by Crippen LogP contribution is -2.25. The van der Waals surface area contributed by atoms with Gasteiger partial charge < -0.3 is 10.1 Å². The van der Waals surface area contributed by atoms with Crippen molar-refractivity contribution in [3.05, 3.63) is 29.7 Å². The van der Waals surface area contributed by atoms with Crippen molar-refractivity contribution in [1.82, 2.24) is 30.5 Å². The molecule has 1 atom stereocenters. The normalized spacial score (nSPS) is 12.4. The van der Waals surface area contributed by atoms with Gasteiger partial charge in [0, 0.05) is 13.1 Å². The Balaban J connectivity index is 2.32. The van der Waals surface area contributed by atoms with Gasteiger partial charge in [0.25, 0.3) is 0 Å². The first-order valence-corrected chi connectivity index (χ1v) is 5.71. The average molecular weight is 248 g/mol. The van der Waals surface area contributed by atoms with Gasteiger partial charge in [-0.25, -0.2) is 0 Å². The molecule has 0 radical (unpaired) electrons. The third-order valence-electron chi connectivity index (χ3n) is 2.62. The maximum Gasteiger partial charge on any atom is 0.233 e. The van der Waals surface area contributed by atoms with Crippen molar-refractivity contribution in [3.63, 3.8) is 0 Å². The van der Waals surface area contributed by atoms with Gasteiger partial charge in [0.2, 0.25) is 5.88 Å². The highest BCUT2D eigenvalue weighted by Gasteiger charge is 2.18. The Morgan fingerprint density at radius 1 is 1.39 bits per heavy atom. The maximum absolute atomic E-state index is 5.00. The molecule has 1 N–H and O–H groups in total. The Bertz CT molecular complexity index is 494. The topological polar surface area (TPSA) is 77.8 Å². The van der Waals surface area contributed by atoms with Gasteiger partial charge in [-0.1, -0.05) is 12.1 Å². The third-order valence-corrected chi connectivity index (χ3v) is 2.62. The van der Waals surface area contributed by atoms with Crippen LogP contribution < -0.4 is 10.1 Å².